The first kappa shape index (κ1) is 31.4. The number of nitrogens with zero attached hydrogens (tertiary/aromatic N) is 3. The fraction of sp³-hybridized carbons (Fsp3) is 0.150. The zero-order valence-electron chi connectivity index (χ0n) is 28.0. The van der Waals surface area contributed by atoms with Crippen LogP contribution in [0.2, 0.25) is 39.3 Å². The number of carboxylic acids is 1. The molecule has 48 heavy (non-hydrogen) atoms. The molecule has 0 aliphatic heterocycles. The number of hydrogen-bond acceptors (Lipinski definition) is 5. The van der Waals surface area contributed by atoms with Crippen molar-refractivity contribution in [2.45, 2.75) is 39.3 Å². The summed E-state index contributed by atoms with van der Waals surface area (Å²) in [6, 6.07) is 32.2. The van der Waals surface area contributed by atoms with Gasteiger partial charge in [0.05, 0.1) is 44.5 Å². The number of carbonyl (C=O) groups is 1. The van der Waals surface area contributed by atoms with E-state index in [1.165, 1.54) is 10.4 Å². The van der Waals surface area contributed by atoms with Gasteiger partial charge < -0.3 is 9.52 Å². The normalized spacial score (nSPS) is 12.1. The minimum Gasteiger partial charge on any atom is -0.478 e. The van der Waals surface area contributed by atoms with Gasteiger partial charge in [-0.05, 0) is 59.7 Å². The maximum Gasteiger partial charge on any atom is 0.335 e. The van der Waals surface area contributed by atoms with Crippen LogP contribution in [0.4, 0.5) is 0 Å². The van der Waals surface area contributed by atoms with E-state index in [0.717, 1.165) is 67.0 Å². The topological polar surface area (TPSA) is 89.1 Å². The van der Waals surface area contributed by atoms with Crippen molar-refractivity contribution in [1.29, 1.82) is 0 Å². The Labute approximate surface area is 282 Å². The number of aromatic carboxylic acids is 1. The standard InChI is InChI=1S/C40H37N3O3Si2/c1-47(2,3)28-21-30(25-13-15-26(16-14-25)40(44)45)38-32(23-28)33-24-29(48(4,5)6)22-31(39(33)46-38)27-19-36(34-11-7-9-17-41-34)43-37(20-27)35-12-8-10-18-42-35/h7-24H,1-6H3,(H,44,45). The van der Waals surface area contributed by atoms with Gasteiger partial charge in [0.2, 0.25) is 0 Å². The van der Waals surface area contributed by atoms with Crippen LogP contribution >= 0.6 is 0 Å². The van der Waals surface area contributed by atoms with Gasteiger partial charge in [0, 0.05) is 34.3 Å². The van der Waals surface area contributed by atoms with Crippen LogP contribution in [-0.4, -0.2) is 42.2 Å². The van der Waals surface area contributed by atoms with Gasteiger partial charge in [-0.1, -0.05) is 98.2 Å². The second-order valence-corrected chi connectivity index (χ2v) is 24.5. The Morgan fingerprint density at radius 3 is 1.48 bits per heavy atom. The largest absolute Gasteiger partial charge is 0.478 e. The minimum absolute atomic E-state index is 0.258. The van der Waals surface area contributed by atoms with E-state index < -0.39 is 22.1 Å². The van der Waals surface area contributed by atoms with Gasteiger partial charge in [-0.2, -0.15) is 0 Å². The molecule has 0 unspecified atom stereocenters. The lowest BCUT2D eigenvalue weighted by Gasteiger charge is -2.19. The number of carboxylic acid groups (broad SMARTS) is 1. The molecule has 0 radical (unpaired) electrons. The SMILES string of the molecule is C[Si](C)(C)c1cc(-c2ccc(C(=O)O)cc2)c2oc3c(-c4cc(-c5ccccn5)nc(-c5ccccn5)c4)cc([Si](C)(C)C)cc3c2c1. The average Bonchev–Trinajstić information content (AvgIpc) is 3.46. The molecule has 0 amide bonds. The quantitative estimate of drug-likeness (QED) is 0.171. The Hall–Kier alpha value is -5.19. The molecule has 4 heterocycles. The van der Waals surface area contributed by atoms with Crippen molar-refractivity contribution in [3.8, 4) is 45.0 Å². The number of pyridine rings is 3. The molecule has 8 heteroatoms. The number of benzene rings is 3. The van der Waals surface area contributed by atoms with Crippen LogP contribution < -0.4 is 10.4 Å². The Balaban J connectivity index is 1.57. The predicted molar refractivity (Wildman–Crippen MR) is 202 cm³/mol. The van der Waals surface area contributed by atoms with Gasteiger partial charge in [0.15, 0.2) is 0 Å². The van der Waals surface area contributed by atoms with E-state index in [-0.39, 0.29) is 5.56 Å². The maximum absolute atomic E-state index is 11.7. The van der Waals surface area contributed by atoms with Crippen LogP contribution in [0.3, 0.4) is 0 Å². The summed E-state index contributed by atoms with van der Waals surface area (Å²) in [6.45, 7) is 14.2. The highest BCUT2D eigenvalue weighted by Gasteiger charge is 2.26. The number of furan rings is 1. The van der Waals surface area contributed by atoms with E-state index in [2.05, 4.69) is 85.6 Å². The summed E-state index contributed by atoms with van der Waals surface area (Å²) >= 11 is 0. The number of hydrogen-bond donors (Lipinski definition) is 1. The van der Waals surface area contributed by atoms with Gasteiger partial charge >= 0.3 is 5.97 Å². The van der Waals surface area contributed by atoms with Crippen LogP contribution in [0.15, 0.2) is 114 Å². The summed E-state index contributed by atoms with van der Waals surface area (Å²) in [7, 11) is -3.58. The van der Waals surface area contributed by atoms with Gasteiger partial charge in [-0.3, -0.25) is 9.97 Å². The van der Waals surface area contributed by atoms with Crippen molar-refractivity contribution in [2.75, 3.05) is 0 Å². The Morgan fingerprint density at radius 2 is 1.06 bits per heavy atom. The first-order chi connectivity index (χ1) is 22.9. The Morgan fingerprint density at radius 1 is 0.583 bits per heavy atom. The van der Waals surface area contributed by atoms with Crippen LogP contribution in [0, 0.1) is 0 Å². The van der Waals surface area contributed by atoms with Crippen molar-refractivity contribution in [3.05, 3.63) is 115 Å². The molecule has 3 aromatic carbocycles. The predicted octanol–water partition coefficient (Wildman–Crippen LogP) is 9.23. The molecule has 7 rings (SSSR count). The van der Waals surface area contributed by atoms with Crippen LogP contribution in [-0.2, 0) is 0 Å². The molecule has 0 bridgehead atoms. The highest BCUT2D eigenvalue weighted by molar-refractivity contribution is 6.89. The van der Waals surface area contributed by atoms with Crippen LogP contribution in [0.5, 0.6) is 0 Å². The van der Waals surface area contributed by atoms with E-state index in [1.54, 1.807) is 24.5 Å². The second kappa shape index (κ2) is 11.8. The number of fused-ring (bicyclic) bond motifs is 3. The fourth-order valence-electron chi connectivity index (χ4n) is 6.04. The van der Waals surface area contributed by atoms with Crippen molar-refractivity contribution in [3.63, 3.8) is 0 Å². The molecule has 0 saturated carbocycles. The monoisotopic (exact) mass is 663 g/mol. The van der Waals surface area contributed by atoms with Crippen molar-refractivity contribution in [2.24, 2.45) is 0 Å². The zero-order valence-corrected chi connectivity index (χ0v) is 30.0. The van der Waals surface area contributed by atoms with Crippen LogP contribution in [0.1, 0.15) is 10.4 Å². The molecule has 0 fully saturated rings. The molecule has 0 aliphatic rings. The molecule has 6 nitrogen and oxygen atoms in total. The Kier molecular flexibility index (Phi) is 7.73. The first-order valence-corrected chi connectivity index (χ1v) is 23.1. The van der Waals surface area contributed by atoms with Gasteiger partial charge in [-0.15, -0.1) is 0 Å². The maximum atomic E-state index is 11.7. The molecule has 0 saturated heterocycles. The molecule has 4 aromatic heterocycles. The van der Waals surface area contributed by atoms with Crippen molar-refractivity contribution < 1.29 is 14.3 Å². The summed E-state index contributed by atoms with van der Waals surface area (Å²) in [6.07, 6.45) is 3.57. The Bertz CT molecular complexity index is 2260. The van der Waals surface area contributed by atoms with Crippen molar-refractivity contribution >= 4 is 54.4 Å². The van der Waals surface area contributed by atoms with Gasteiger partial charge in [-0.25, -0.2) is 9.78 Å². The van der Waals surface area contributed by atoms with Gasteiger partial charge in [0.1, 0.15) is 11.2 Å². The van der Waals surface area contributed by atoms with E-state index in [0.29, 0.717) is 0 Å². The van der Waals surface area contributed by atoms with Gasteiger partial charge in [0.25, 0.3) is 0 Å². The molecule has 0 aliphatic carbocycles. The third-order valence-electron chi connectivity index (χ3n) is 8.84. The van der Waals surface area contributed by atoms with E-state index in [9.17, 15) is 9.90 Å². The third-order valence-corrected chi connectivity index (χ3v) is 12.9. The number of rotatable bonds is 7. The fourth-order valence-corrected chi connectivity index (χ4v) is 8.35. The van der Waals surface area contributed by atoms with Crippen LogP contribution in [0.25, 0.3) is 67.0 Å². The number of aromatic nitrogens is 3. The summed E-state index contributed by atoms with van der Waals surface area (Å²) in [4.78, 5) is 25.9. The summed E-state index contributed by atoms with van der Waals surface area (Å²) in [5, 5.41) is 14.4. The lowest BCUT2D eigenvalue weighted by molar-refractivity contribution is 0.0697. The second-order valence-electron chi connectivity index (χ2n) is 14.3. The van der Waals surface area contributed by atoms with E-state index >= 15 is 0 Å². The highest BCUT2D eigenvalue weighted by atomic mass is 28.3. The highest BCUT2D eigenvalue weighted by Crippen LogP contribution is 2.41. The molecule has 0 atom stereocenters. The summed E-state index contributed by atoms with van der Waals surface area (Å²) in [5.74, 6) is -0.942. The first-order valence-electron chi connectivity index (χ1n) is 16.1. The molecule has 238 valence electrons. The molecular weight excluding hydrogens is 627 g/mol. The minimum atomic E-state index is -1.80. The third kappa shape index (κ3) is 5.89. The molecule has 1 N–H and O–H groups in total. The zero-order chi connectivity index (χ0) is 33.8. The molecule has 0 spiro atoms. The summed E-state index contributed by atoms with van der Waals surface area (Å²) < 4.78 is 6.99. The lowest BCUT2D eigenvalue weighted by atomic mass is 9.98. The molecule has 7 aromatic rings. The van der Waals surface area contributed by atoms with E-state index in [1.807, 2.05) is 48.5 Å². The smallest absolute Gasteiger partial charge is 0.335 e. The molecular formula is C40H37N3O3Si2. The average molecular weight is 664 g/mol. The van der Waals surface area contributed by atoms with Crippen molar-refractivity contribution in [1.82, 2.24) is 15.0 Å². The lowest BCUT2D eigenvalue weighted by Crippen LogP contribution is -2.38. The summed E-state index contributed by atoms with van der Waals surface area (Å²) in [5.41, 5.74) is 8.83. The van der Waals surface area contributed by atoms with E-state index in [4.69, 9.17) is 9.40 Å².